The summed E-state index contributed by atoms with van der Waals surface area (Å²) < 4.78 is 34.0. The average Bonchev–Trinajstić information content (AvgIpc) is 2.23. The predicted molar refractivity (Wildman–Crippen MR) is 61.3 cm³/mol. The van der Waals surface area contributed by atoms with Crippen LogP contribution in [0.2, 0.25) is 0 Å². The second-order valence-corrected chi connectivity index (χ2v) is 5.22. The molecule has 17 heavy (non-hydrogen) atoms. The summed E-state index contributed by atoms with van der Waals surface area (Å²) >= 11 is 0. The number of carbonyl (C=O) groups excluding carboxylic acids is 1. The molecule has 1 aromatic carbocycles. The van der Waals surface area contributed by atoms with Gasteiger partial charge in [0.05, 0.1) is 5.75 Å². The fraction of sp³-hybridized carbons (Fsp3) is 0.300. The zero-order chi connectivity index (χ0) is 12.9. The van der Waals surface area contributed by atoms with Crippen LogP contribution < -0.4 is 10.5 Å². The van der Waals surface area contributed by atoms with Gasteiger partial charge in [-0.2, -0.15) is 0 Å². The van der Waals surface area contributed by atoms with Gasteiger partial charge in [-0.25, -0.2) is 17.9 Å². The summed E-state index contributed by atoms with van der Waals surface area (Å²) in [4.78, 5) is 11.5. The maximum absolute atomic E-state index is 12.8. The summed E-state index contributed by atoms with van der Waals surface area (Å²) in [5, 5.41) is 7.27. The van der Waals surface area contributed by atoms with Crippen molar-refractivity contribution in [3.05, 3.63) is 35.6 Å². The van der Waals surface area contributed by atoms with Crippen molar-refractivity contribution in [2.24, 2.45) is 5.14 Å². The molecular weight excluding hydrogens is 247 g/mol. The Morgan fingerprint density at radius 3 is 2.71 bits per heavy atom. The van der Waals surface area contributed by atoms with Crippen molar-refractivity contribution in [2.45, 2.75) is 6.42 Å². The number of hydrogen-bond donors (Lipinski definition) is 2. The second-order valence-electron chi connectivity index (χ2n) is 3.49. The molecule has 7 heteroatoms. The fourth-order valence-corrected chi connectivity index (χ4v) is 1.75. The zero-order valence-electron chi connectivity index (χ0n) is 9.02. The summed E-state index contributed by atoms with van der Waals surface area (Å²) in [6.07, 6.45) is 0.222. The molecule has 5 nitrogen and oxygen atoms in total. The Bertz CT molecular complexity index is 502. The first-order chi connectivity index (χ1) is 7.88. The van der Waals surface area contributed by atoms with E-state index in [1.807, 2.05) is 0 Å². The van der Waals surface area contributed by atoms with Gasteiger partial charge in [-0.05, 0) is 24.6 Å². The SMILES string of the molecule is NS(=O)(=O)CCCNC(=O)c1cccc(F)c1. The second kappa shape index (κ2) is 5.74. The van der Waals surface area contributed by atoms with Gasteiger partial charge in [-0.1, -0.05) is 6.07 Å². The molecule has 1 rings (SSSR count). The van der Waals surface area contributed by atoms with E-state index in [9.17, 15) is 17.6 Å². The molecule has 1 amide bonds. The lowest BCUT2D eigenvalue weighted by Gasteiger charge is -2.04. The molecule has 0 bridgehead atoms. The molecule has 0 aromatic heterocycles. The van der Waals surface area contributed by atoms with Crippen LogP contribution in [0.5, 0.6) is 0 Å². The summed E-state index contributed by atoms with van der Waals surface area (Å²) in [6, 6.07) is 5.24. The van der Waals surface area contributed by atoms with Crippen molar-refractivity contribution in [1.29, 1.82) is 0 Å². The number of rotatable bonds is 5. The Morgan fingerprint density at radius 2 is 2.12 bits per heavy atom. The Hall–Kier alpha value is -1.47. The van der Waals surface area contributed by atoms with Crippen LogP contribution in [0.15, 0.2) is 24.3 Å². The number of carbonyl (C=O) groups is 1. The smallest absolute Gasteiger partial charge is 0.251 e. The zero-order valence-corrected chi connectivity index (χ0v) is 9.84. The summed E-state index contributed by atoms with van der Waals surface area (Å²) in [5.74, 6) is -1.14. The molecule has 1 aromatic rings. The van der Waals surface area contributed by atoms with Crippen molar-refractivity contribution in [2.75, 3.05) is 12.3 Å². The first kappa shape index (κ1) is 13.6. The van der Waals surface area contributed by atoms with Gasteiger partial charge in [0.25, 0.3) is 5.91 Å². The van der Waals surface area contributed by atoms with Crippen LogP contribution in [-0.4, -0.2) is 26.6 Å². The number of halogens is 1. The summed E-state index contributed by atoms with van der Waals surface area (Å²) in [6.45, 7) is 0.172. The van der Waals surface area contributed by atoms with Gasteiger partial charge in [-0.3, -0.25) is 4.79 Å². The van der Waals surface area contributed by atoms with Crippen molar-refractivity contribution in [3.63, 3.8) is 0 Å². The highest BCUT2D eigenvalue weighted by atomic mass is 32.2. The van der Waals surface area contributed by atoms with Gasteiger partial charge in [0.15, 0.2) is 0 Å². The van der Waals surface area contributed by atoms with Crippen molar-refractivity contribution >= 4 is 15.9 Å². The van der Waals surface area contributed by atoms with E-state index in [1.54, 1.807) is 0 Å². The molecule has 94 valence electrons. The Morgan fingerprint density at radius 1 is 1.41 bits per heavy atom. The fourth-order valence-electron chi connectivity index (χ4n) is 1.21. The van der Waals surface area contributed by atoms with Crippen LogP contribution in [0.4, 0.5) is 4.39 Å². The summed E-state index contributed by atoms with van der Waals surface area (Å²) in [5.41, 5.74) is 0.195. The number of hydrogen-bond acceptors (Lipinski definition) is 3. The van der Waals surface area contributed by atoms with Gasteiger partial charge >= 0.3 is 0 Å². The molecule has 0 saturated carbocycles. The van der Waals surface area contributed by atoms with Crippen LogP contribution in [0.3, 0.4) is 0 Å². The Balaban J connectivity index is 2.41. The van der Waals surface area contributed by atoms with Crippen molar-refractivity contribution in [3.8, 4) is 0 Å². The van der Waals surface area contributed by atoms with Crippen LogP contribution in [0.1, 0.15) is 16.8 Å². The molecule has 0 radical (unpaired) electrons. The van der Waals surface area contributed by atoms with E-state index >= 15 is 0 Å². The van der Waals surface area contributed by atoms with E-state index in [0.717, 1.165) is 6.07 Å². The highest BCUT2D eigenvalue weighted by molar-refractivity contribution is 7.89. The molecule has 0 aliphatic rings. The van der Waals surface area contributed by atoms with Crippen molar-refractivity contribution in [1.82, 2.24) is 5.32 Å². The third-order valence-corrected chi connectivity index (χ3v) is 2.84. The summed E-state index contributed by atoms with van der Waals surface area (Å²) in [7, 11) is -3.50. The maximum Gasteiger partial charge on any atom is 0.251 e. The quantitative estimate of drug-likeness (QED) is 0.743. The standard InChI is InChI=1S/C10H13FN2O3S/c11-9-4-1-3-8(7-9)10(14)13-5-2-6-17(12,15)16/h1,3-4,7H,2,5-6H2,(H,13,14)(H2,12,15,16). The maximum atomic E-state index is 12.8. The number of nitrogens with one attached hydrogen (secondary N) is 1. The van der Waals surface area contributed by atoms with E-state index < -0.39 is 21.7 Å². The molecule has 0 aliphatic heterocycles. The predicted octanol–water partition coefficient (Wildman–Crippen LogP) is 0.234. The first-order valence-corrected chi connectivity index (χ1v) is 6.64. The lowest BCUT2D eigenvalue weighted by molar-refractivity contribution is 0.0953. The molecule has 0 spiro atoms. The van der Waals surface area contributed by atoms with Crippen molar-refractivity contribution < 1.29 is 17.6 Å². The highest BCUT2D eigenvalue weighted by Gasteiger charge is 2.06. The molecule has 0 heterocycles. The van der Waals surface area contributed by atoms with E-state index in [0.29, 0.717) is 0 Å². The van der Waals surface area contributed by atoms with Gasteiger partial charge in [0, 0.05) is 12.1 Å². The molecule has 3 N–H and O–H groups in total. The number of benzene rings is 1. The van der Waals surface area contributed by atoms with Crippen LogP contribution >= 0.6 is 0 Å². The number of amides is 1. The minimum absolute atomic E-state index is 0.172. The Labute approximate surface area is 98.9 Å². The average molecular weight is 260 g/mol. The molecule has 0 atom stereocenters. The van der Waals surface area contributed by atoms with Gasteiger partial charge < -0.3 is 5.32 Å². The monoisotopic (exact) mass is 260 g/mol. The first-order valence-electron chi connectivity index (χ1n) is 4.93. The normalized spacial score (nSPS) is 11.2. The lowest BCUT2D eigenvalue weighted by atomic mass is 10.2. The Kier molecular flexibility index (Phi) is 4.59. The largest absolute Gasteiger partial charge is 0.352 e. The minimum Gasteiger partial charge on any atom is -0.352 e. The van der Waals surface area contributed by atoms with Crippen LogP contribution in [-0.2, 0) is 10.0 Å². The third-order valence-electron chi connectivity index (χ3n) is 1.98. The number of nitrogens with two attached hydrogens (primary N) is 1. The van der Waals surface area contributed by atoms with E-state index in [-0.39, 0.29) is 24.3 Å². The van der Waals surface area contributed by atoms with E-state index in [2.05, 4.69) is 5.32 Å². The van der Waals surface area contributed by atoms with Gasteiger partial charge in [0.2, 0.25) is 10.0 Å². The van der Waals surface area contributed by atoms with Gasteiger partial charge in [0.1, 0.15) is 5.82 Å². The number of primary sulfonamides is 1. The third kappa shape index (κ3) is 5.41. The van der Waals surface area contributed by atoms with E-state index in [1.165, 1.54) is 18.2 Å². The molecule has 0 saturated heterocycles. The van der Waals surface area contributed by atoms with E-state index in [4.69, 9.17) is 5.14 Å². The minimum atomic E-state index is -3.50. The molecular formula is C10H13FN2O3S. The van der Waals surface area contributed by atoms with Gasteiger partial charge in [-0.15, -0.1) is 0 Å². The lowest BCUT2D eigenvalue weighted by Crippen LogP contribution is -2.27. The highest BCUT2D eigenvalue weighted by Crippen LogP contribution is 2.02. The van der Waals surface area contributed by atoms with Crippen LogP contribution in [0.25, 0.3) is 0 Å². The van der Waals surface area contributed by atoms with Crippen LogP contribution in [0, 0.1) is 5.82 Å². The molecule has 0 unspecified atom stereocenters. The topological polar surface area (TPSA) is 89.3 Å². The molecule has 0 fully saturated rings. The number of sulfonamides is 1. The molecule has 0 aliphatic carbocycles.